The lowest BCUT2D eigenvalue weighted by Crippen LogP contribution is -2.45. The van der Waals surface area contributed by atoms with Crippen LogP contribution in [0.25, 0.3) is 5.70 Å². The standard InChI is InChI=1S/C23H26FN5O4/c1-12-6-20(27-10-16(12)23(30)31)33-14-7-13-9-28-22(26)19(29(13)11-14)8-18(25)15-4-3-5-17(24)21(15)32-2/h3-6,8,10,13-14,28H,7,9,11,25-26H2,1-2H3,(H,30,31)/b18-8-. The highest BCUT2D eigenvalue weighted by atomic mass is 19.1. The molecular weight excluding hydrogens is 429 g/mol. The summed E-state index contributed by atoms with van der Waals surface area (Å²) >= 11 is 0. The third-order valence-corrected chi connectivity index (χ3v) is 5.87. The van der Waals surface area contributed by atoms with Crippen molar-refractivity contribution in [1.29, 1.82) is 0 Å². The quantitative estimate of drug-likeness (QED) is 0.514. The van der Waals surface area contributed by atoms with Gasteiger partial charge in [0.25, 0.3) is 0 Å². The van der Waals surface area contributed by atoms with E-state index in [2.05, 4.69) is 15.2 Å². The molecular formula is C23H26FN5O4. The second kappa shape index (κ2) is 8.89. The molecule has 2 aliphatic heterocycles. The summed E-state index contributed by atoms with van der Waals surface area (Å²) in [6, 6.07) is 6.29. The van der Waals surface area contributed by atoms with Crippen molar-refractivity contribution in [1.82, 2.24) is 15.2 Å². The van der Waals surface area contributed by atoms with E-state index in [4.69, 9.17) is 20.9 Å². The third kappa shape index (κ3) is 4.36. The number of pyridine rings is 1. The zero-order valence-corrected chi connectivity index (χ0v) is 18.3. The molecule has 4 rings (SSSR count). The van der Waals surface area contributed by atoms with Gasteiger partial charge in [-0.05, 0) is 30.7 Å². The summed E-state index contributed by atoms with van der Waals surface area (Å²) in [5, 5.41) is 12.4. The second-order valence-corrected chi connectivity index (χ2v) is 8.02. The molecule has 10 heteroatoms. The van der Waals surface area contributed by atoms with E-state index in [-0.39, 0.29) is 23.5 Å². The number of aryl methyl sites for hydroxylation is 1. The number of allylic oxidation sites excluding steroid dienone is 1. The Morgan fingerprint density at radius 2 is 2.18 bits per heavy atom. The number of nitrogens with zero attached hydrogens (tertiary/aromatic N) is 2. The minimum atomic E-state index is -1.03. The van der Waals surface area contributed by atoms with Crippen LogP contribution >= 0.6 is 0 Å². The highest BCUT2D eigenvalue weighted by Crippen LogP contribution is 2.32. The smallest absolute Gasteiger partial charge is 0.337 e. The number of aromatic nitrogens is 1. The van der Waals surface area contributed by atoms with Crippen molar-refractivity contribution in [3.05, 3.63) is 70.6 Å². The maximum atomic E-state index is 14.1. The summed E-state index contributed by atoms with van der Waals surface area (Å²) in [7, 11) is 1.39. The lowest BCUT2D eigenvalue weighted by atomic mass is 10.1. The van der Waals surface area contributed by atoms with Crippen LogP contribution in [0, 0.1) is 12.7 Å². The van der Waals surface area contributed by atoms with Gasteiger partial charge in [-0.25, -0.2) is 14.2 Å². The fourth-order valence-corrected chi connectivity index (χ4v) is 4.24. The number of carboxylic acids is 1. The van der Waals surface area contributed by atoms with Crippen LogP contribution in [0.2, 0.25) is 0 Å². The number of carbonyl (C=O) groups is 1. The summed E-state index contributed by atoms with van der Waals surface area (Å²) in [6.07, 6.45) is 3.54. The summed E-state index contributed by atoms with van der Waals surface area (Å²) in [6.45, 7) is 2.88. The van der Waals surface area contributed by atoms with Crippen LogP contribution < -0.4 is 26.3 Å². The number of halogens is 1. The summed E-state index contributed by atoms with van der Waals surface area (Å²) in [5.74, 6) is -0.627. The first-order chi connectivity index (χ1) is 15.8. The number of aromatic carboxylic acids is 1. The van der Waals surface area contributed by atoms with E-state index in [1.807, 2.05) is 0 Å². The molecule has 0 aliphatic carbocycles. The van der Waals surface area contributed by atoms with Gasteiger partial charge in [-0.3, -0.25) is 0 Å². The van der Waals surface area contributed by atoms with E-state index in [9.17, 15) is 14.3 Å². The first-order valence-corrected chi connectivity index (χ1v) is 10.5. The largest absolute Gasteiger partial charge is 0.493 e. The number of hydrogen-bond acceptors (Lipinski definition) is 8. The van der Waals surface area contributed by atoms with Gasteiger partial charge >= 0.3 is 5.97 Å². The predicted molar refractivity (Wildman–Crippen MR) is 120 cm³/mol. The van der Waals surface area contributed by atoms with Crippen molar-refractivity contribution in [3.63, 3.8) is 0 Å². The Kier molecular flexibility index (Phi) is 5.99. The van der Waals surface area contributed by atoms with Crippen molar-refractivity contribution in [2.24, 2.45) is 11.5 Å². The molecule has 0 radical (unpaired) electrons. The first kappa shape index (κ1) is 22.3. The minimum absolute atomic E-state index is 0.0691. The number of nitrogens with one attached hydrogen (secondary N) is 1. The molecule has 2 unspecified atom stereocenters. The van der Waals surface area contributed by atoms with Crippen LogP contribution in [0.5, 0.6) is 11.6 Å². The molecule has 3 heterocycles. The van der Waals surface area contributed by atoms with Gasteiger partial charge in [-0.1, -0.05) is 6.07 Å². The molecule has 0 bridgehead atoms. The molecule has 1 fully saturated rings. The molecule has 2 atom stereocenters. The SMILES string of the molecule is COc1c(F)cccc1/C(N)=C/C1=C(N)NCC2CC(Oc3cc(C)c(C(=O)O)cn3)CN12. The van der Waals surface area contributed by atoms with Gasteiger partial charge in [0, 0.05) is 36.5 Å². The number of carboxylic acid groups (broad SMARTS) is 1. The number of fused-ring (bicyclic) bond motifs is 1. The van der Waals surface area contributed by atoms with Gasteiger partial charge in [0.15, 0.2) is 11.6 Å². The van der Waals surface area contributed by atoms with Gasteiger partial charge in [0.05, 0.1) is 31.0 Å². The van der Waals surface area contributed by atoms with Crippen LogP contribution in [0.4, 0.5) is 4.39 Å². The molecule has 9 nitrogen and oxygen atoms in total. The summed E-state index contributed by atoms with van der Waals surface area (Å²) in [4.78, 5) is 17.4. The Hall–Kier alpha value is -3.95. The van der Waals surface area contributed by atoms with Gasteiger partial charge in [-0.2, -0.15) is 0 Å². The molecule has 6 N–H and O–H groups in total. The maximum Gasteiger partial charge on any atom is 0.337 e. The van der Waals surface area contributed by atoms with Crippen molar-refractivity contribution < 1.29 is 23.8 Å². The summed E-state index contributed by atoms with van der Waals surface area (Å²) in [5.41, 5.74) is 14.7. The monoisotopic (exact) mass is 455 g/mol. The molecule has 1 aromatic heterocycles. The average Bonchev–Trinajstić information content (AvgIpc) is 3.18. The fraction of sp³-hybridized carbons (Fsp3) is 0.304. The molecule has 0 spiro atoms. The zero-order valence-electron chi connectivity index (χ0n) is 18.3. The number of nitrogens with two attached hydrogens (primary N) is 2. The molecule has 1 aromatic carbocycles. The van der Waals surface area contributed by atoms with Gasteiger partial charge in [-0.15, -0.1) is 0 Å². The topological polar surface area (TPSA) is 136 Å². The molecule has 1 saturated heterocycles. The Labute approximate surface area is 190 Å². The predicted octanol–water partition coefficient (Wildman–Crippen LogP) is 1.79. The second-order valence-electron chi connectivity index (χ2n) is 8.02. The molecule has 2 aliphatic rings. The lowest BCUT2D eigenvalue weighted by Gasteiger charge is -2.34. The van der Waals surface area contributed by atoms with Crippen LogP contribution in [-0.2, 0) is 0 Å². The van der Waals surface area contributed by atoms with Crippen LogP contribution in [0.15, 0.2) is 48.1 Å². The van der Waals surface area contributed by atoms with Crippen LogP contribution in [-0.4, -0.2) is 53.3 Å². The lowest BCUT2D eigenvalue weighted by molar-refractivity contribution is 0.0695. The number of methoxy groups -OCH3 is 1. The maximum absolute atomic E-state index is 14.1. The number of hydrogen-bond donors (Lipinski definition) is 4. The Morgan fingerprint density at radius 1 is 1.39 bits per heavy atom. The normalized spacial score (nSPS) is 20.3. The molecule has 33 heavy (non-hydrogen) atoms. The number of benzene rings is 1. The Balaban J connectivity index is 1.55. The molecule has 0 saturated carbocycles. The zero-order chi connectivity index (χ0) is 23.7. The highest BCUT2D eigenvalue weighted by molar-refractivity contribution is 5.88. The van der Waals surface area contributed by atoms with Crippen molar-refractivity contribution in [2.75, 3.05) is 20.2 Å². The molecule has 0 amide bonds. The van der Waals surface area contributed by atoms with Gasteiger partial charge in [0.1, 0.15) is 11.9 Å². The Bertz CT molecular complexity index is 1150. The van der Waals surface area contributed by atoms with E-state index < -0.39 is 11.8 Å². The number of rotatable bonds is 6. The highest BCUT2D eigenvalue weighted by Gasteiger charge is 2.37. The molecule has 174 valence electrons. The third-order valence-electron chi connectivity index (χ3n) is 5.87. The molecule has 2 aromatic rings. The van der Waals surface area contributed by atoms with E-state index in [0.29, 0.717) is 53.7 Å². The van der Waals surface area contributed by atoms with E-state index in [1.54, 1.807) is 31.2 Å². The van der Waals surface area contributed by atoms with Gasteiger partial charge < -0.3 is 36.3 Å². The van der Waals surface area contributed by atoms with E-state index >= 15 is 0 Å². The minimum Gasteiger partial charge on any atom is -0.493 e. The van der Waals surface area contributed by atoms with Crippen molar-refractivity contribution in [3.8, 4) is 11.6 Å². The van der Waals surface area contributed by atoms with Gasteiger partial charge in [0.2, 0.25) is 5.88 Å². The first-order valence-electron chi connectivity index (χ1n) is 10.5. The van der Waals surface area contributed by atoms with Crippen LogP contribution in [0.1, 0.15) is 27.9 Å². The Morgan fingerprint density at radius 3 is 2.88 bits per heavy atom. The van der Waals surface area contributed by atoms with Crippen molar-refractivity contribution in [2.45, 2.75) is 25.5 Å². The summed E-state index contributed by atoms with van der Waals surface area (Å²) < 4.78 is 25.3. The average molecular weight is 455 g/mol. The van der Waals surface area contributed by atoms with E-state index in [0.717, 1.165) is 0 Å². The van der Waals surface area contributed by atoms with Crippen molar-refractivity contribution >= 4 is 11.7 Å². The van der Waals surface area contributed by atoms with Crippen LogP contribution in [0.3, 0.4) is 0 Å². The fourth-order valence-electron chi connectivity index (χ4n) is 4.24. The number of para-hydroxylation sites is 1. The number of ether oxygens (including phenoxy) is 2. The van der Waals surface area contributed by atoms with E-state index in [1.165, 1.54) is 19.4 Å².